The number of hydrogen-bond donors (Lipinski definition) is 2. The predicted molar refractivity (Wildman–Crippen MR) is 72.0 cm³/mol. The number of hydrogen-bond acceptors (Lipinski definition) is 4. The van der Waals surface area contributed by atoms with Gasteiger partial charge in [0, 0.05) is 6.54 Å². The van der Waals surface area contributed by atoms with E-state index in [1.54, 1.807) is 11.3 Å². The number of nitrogens with two attached hydrogens (primary N) is 1. The fraction of sp³-hybridized carbons (Fsp3) is 0.583. The zero-order valence-corrected chi connectivity index (χ0v) is 11.3. The molecule has 1 aromatic heterocycles. The van der Waals surface area contributed by atoms with Crippen molar-refractivity contribution in [2.75, 3.05) is 26.2 Å². The fourth-order valence-electron chi connectivity index (χ4n) is 1.87. The molecule has 1 heterocycles. The second kappa shape index (κ2) is 7.42. The van der Waals surface area contributed by atoms with Gasteiger partial charge in [-0.2, -0.15) is 11.3 Å². The van der Waals surface area contributed by atoms with Crippen LogP contribution in [0, 0.1) is 0 Å². The summed E-state index contributed by atoms with van der Waals surface area (Å²) in [6.45, 7) is 6.87. The molecule has 3 N–H and O–H groups in total. The molecule has 0 saturated heterocycles. The minimum atomic E-state index is -0.0996. The Balaban J connectivity index is 2.69. The summed E-state index contributed by atoms with van der Waals surface area (Å²) in [4.78, 5) is 13.6. The Morgan fingerprint density at radius 1 is 1.53 bits per heavy atom. The van der Waals surface area contributed by atoms with Crippen LogP contribution in [0.2, 0.25) is 0 Å². The molecule has 0 radical (unpaired) electrons. The molecule has 0 bridgehead atoms. The lowest BCUT2D eigenvalue weighted by molar-refractivity contribution is -0.120. The Hall–Kier alpha value is -0.910. The molecule has 1 atom stereocenters. The number of amides is 1. The third-order valence-electron chi connectivity index (χ3n) is 2.86. The topological polar surface area (TPSA) is 58.4 Å². The minimum absolute atomic E-state index is 0.0502. The van der Waals surface area contributed by atoms with Crippen molar-refractivity contribution < 1.29 is 4.79 Å². The SMILES string of the molecule is CCN(CC)C(CNC(=O)CN)c1ccsc1. The summed E-state index contributed by atoms with van der Waals surface area (Å²) in [6, 6.07) is 2.36. The first kappa shape index (κ1) is 14.2. The smallest absolute Gasteiger partial charge is 0.233 e. The third kappa shape index (κ3) is 4.11. The number of carbonyl (C=O) groups is 1. The Bertz CT molecular complexity index is 323. The molecule has 0 fully saturated rings. The van der Waals surface area contributed by atoms with E-state index in [4.69, 9.17) is 5.73 Å². The van der Waals surface area contributed by atoms with E-state index in [0.717, 1.165) is 13.1 Å². The first-order valence-electron chi connectivity index (χ1n) is 5.95. The molecule has 0 aliphatic rings. The number of thiophene rings is 1. The Morgan fingerprint density at radius 3 is 2.71 bits per heavy atom. The van der Waals surface area contributed by atoms with Gasteiger partial charge in [0.15, 0.2) is 0 Å². The maximum absolute atomic E-state index is 11.2. The monoisotopic (exact) mass is 255 g/mol. The second-order valence-electron chi connectivity index (χ2n) is 3.80. The summed E-state index contributed by atoms with van der Waals surface area (Å²) in [5, 5.41) is 7.07. The fourth-order valence-corrected chi connectivity index (χ4v) is 2.58. The second-order valence-corrected chi connectivity index (χ2v) is 4.58. The average Bonchev–Trinajstić information content (AvgIpc) is 2.87. The van der Waals surface area contributed by atoms with E-state index >= 15 is 0 Å². The molecule has 5 heteroatoms. The van der Waals surface area contributed by atoms with Gasteiger partial charge in [0.25, 0.3) is 0 Å². The van der Waals surface area contributed by atoms with Crippen LogP contribution in [0.5, 0.6) is 0 Å². The van der Waals surface area contributed by atoms with Gasteiger partial charge in [-0.3, -0.25) is 9.69 Å². The lowest BCUT2D eigenvalue weighted by Gasteiger charge is -2.29. The Morgan fingerprint density at radius 2 is 2.24 bits per heavy atom. The van der Waals surface area contributed by atoms with Crippen LogP contribution >= 0.6 is 11.3 Å². The summed E-state index contributed by atoms with van der Waals surface area (Å²) in [5.74, 6) is -0.0996. The number of carbonyl (C=O) groups excluding carboxylic acids is 1. The van der Waals surface area contributed by atoms with Crippen LogP contribution in [-0.4, -0.2) is 37.0 Å². The van der Waals surface area contributed by atoms with E-state index in [1.165, 1.54) is 5.56 Å². The quantitative estimate of drug-likeness (QED) is 0.770. The molecule has 1 amide bonds. The van der Waals surface area contributed by atoms with Gasteiger partial charge in [0.2, 0.25) is 5.91 Å². The number of nitrogens with zero attached hydrogens (tertiary/aromatic N) is 1. The van der Waals surface area contributed by atoms with E-state index in [2.05, 4.69) is 40.9 Å². The molecule has 0 aliphatic heterocycles. The lowest BCUT2D eigenvalue weighted by Crippen LogP contribution is -2.39. The first-order chi connectivity index (χ1) is 8.22. The van der Waals surface area contributed by atoms with Crippen LogP contribution in [-0.2, 0) is 4.79 Å². The zero-order valence-electron chi connectivity index (χ0n) is 10.5. The number of rotatable bonds is 7. The van der Waals surface area contributed by atoms with Gasteiger partial charge in [0.1, 0.15) is 0 Å². The van der Waals surface area contributed by atoms with Gasteiger partial charge in [-0.1, -0.05) is 13.8 Å². The minimum Gasteiger partial charge on any atom is -0.353 e. The van der Waals surface area contributed by atoms with E-state index in [0.29, 0.717) is 6.54 Å². The summed E-state index contributed by atoms with van der Waals surface area (Å²) >= 11 is 1.68. The summed E-state index contributed by atoms with van der Waals surface area (Å²) in [6.07, 6.45) is 0. The van der Waals surface area contributed by atoms with Crippen LogP contribution in [0.3, 0.4) is 0 Å². The summed E-state index contributed by atoms with van der Waals surface area (Å²) in [7, 11) is 0. The molecule has 0 aliphatic carbocycles. The van der Waals surface area contributed by atoms with Gasteiger partial charge in [-0.05, 0) is 35.5 Å². The van der Waals surface area contributed by atoms with Crippen LogP contribution in [0.1, 0.15) is 25.5 Å². The van der Waals surface area contributed by atoms with E-state index in [9.17, 15) is 4.79 Å². The van der Waals surface area contributed by atoms with Gasteiger partial charge in [0.05, 0.1) is 12.6 Å². The van der Waals surface area contributed by atoms with Crippen molar-refractivity contribution in [1.82, 2.24) is 10.2 Å². The van der Waals surface area contributed by atoms with Crippen molar-refractivity contribution in [3.05, 3.63) is 22.4 Å². The van der Waals surface area contributed by atoms with Crippen molar-refractivity contribution in [3.63, 3.8) is 0 Å². The standard InChI is InChI=1S/C12H21N3OS/c1-3-15(4-2)11(8-14-12(16)7-13)10-5-6-17-9-10/h5-6,9,11H,3-4,7-8,13H2,1-2H3,(H,14,16). The van der Waals surface area contributed by atoms with Crippen LogP contribution in [0.25, 0.3) is 0 Å². The van der Waals surface area contributed by atoms with Gasteiger partial charge >= 0.3 is 0 Å². The Labute approximate surface area is 107 Å². The predicted octanol–water partition coefficient (Wildman–Crippen LogP) is 1.21. The molecular formula is C12H21N3OS. The van der Waals surface area contributed by atoms with Crippen molar-refractivity contribution in [2.45, 2.75) is 19.9 Å². The van der Waals surface area contributed by atoms with E-state index < -0.39 is 0 Å². The number of likely N-dealkylation sites (N-methyl/N-ethyl adjacent to an activating group) is 1. The van der Waals surface area contributed by atoms with Crippen molar-refractivity contribution in [1.29, 1.82) is 0 Å². The van der Waals surface area contributed by atoms with Gasteiger partial charge in [-0.25, -0.2) is 0 Å². The summed E-state index contributed by atoms with van der Waals surface area (Å²) < 4.78 is 0. The molecule has 0 spiro atoms. The molecule has 0 aromatic carbocycles. The molecule has 1 unspecified atom stereocenters. The maximum Gasteiger partial charge on any atom is 0.233 e. The van der Waals surface area contributed by atoms with E-state index in [-0.39, 0.29) is 18.5 Å². The van der Waals surface area contributed by atoms with Crippen LogP contribution in [0.4, 0.5) is 0 Å². The van der Waals surface area contributed by atoms with Gasteiger partial charge < -0.3 is 11.1 Å². The average molecular weight is 255 g/mol. The lowest BCUT2D eigenvalue weighted by atomic mass is 10.1. The van der Waals surface area contributed by atoms with Crippen molar-refractivity contribution >= 4 is 17.2 Å². The molecule has 96 valence electrons. The largest absolute Gasteiger partial charge is 0.353 e. The third-order valence-corrected chi connectivity index (χ3v) is 3.56. The molecule has 0 saturated carbocycles. The van der Waals surface area contributed by atoms with Crippen LogP contribution < -0.4 is 11.1 Å². The van der Waals surface area contributed by atoms with Crippen molar-refractivity contribution in [2.24, 2.45) is 5.73 Å². The maximum atomic E-state index is 11.2. The highest BCUT2D eigenvalue weighted by Gasteiger charge is 2.18. The molecule has 17 heavy (non-hydrogen) atoms. The van der Waals surface area contributed by atoms with Gasteiger partial charge in [-0.15, -0.1) is 0 Å². The normalized spacial score (nSPS) is 12.7. The highest BCUT2D eigenvalue weighted by Crippen LogP contribution is 2.22. The summed E-state index contributed by atoms with van der Waals surface area (Å²) in [5.41, 5.74) is 6.55. The van der Waals surface area contributed by atoms with E-state index in [1.807, 2.05) is 0 Å². The van der Waals surface area contributed by atoms with Crippen molar-refractivity contribution in [3.8, 4) is 0 Å². The molecule has 4 nitrogen and oxygen atoms in total. The molecule has 1 rings (SSSR count). The first-order valence-corrected chi connectivity index (χ1v) is 6.90. The molecule has 1 aromatic rings. The zero-order chi connectivity index (χ0) is 12.7. The number of nitrogens with one attached hydrogen (secondary N) is 1. The highest BCUT2D eigenvalue weighted by molar-refractivity contribution is 7.07. The molecular weight excluding hydrogens is 234 g/mol. The highest BCUT2D eigenvalue weighted by atomic mass is 32.1. The Kier molecular flexibility index (Phi) is 6.18. The van der Waals surface area contributed by atoms with Crippen LogP contribution in [0.15, 0.2) is 16.8 Å².